The van der Waals surface area contributed by atoms with Crippen LogP contribution in [0.5, 0.6) is 34.5 Å². The number of rotatable bonds is 4. The lowest BCUT2D eigenvalue weighted by molar-refractivity contribution is 0.173. The Hall–Kier alpha value is -5.02. The number of hydrogen-bond donors (Lipinski definition) is 0. The van der Waals surface area contributed by atoms with E-state index >= 15 is 0 Å². The van der Waals surface area contributed by atoms with Gasteiger partial charge in [-0.2, -0.15) is 10.5 Å². The van der Waals surface area contributed by atoms with Gasteiger partial charge in [-0.3, -0.25) is 0 Å². The van der Waals surface area contributed by atoms with Gasteiger partial charge in [-0.1, -0.05) is 0 Å². The van der Waals surface area contributed by atoms with Gasteiger partial charge >= 0.3 is 0 Å². The van der Waals surface area contributed by atoms with E-state index in [0.29, 0.717) is 57.1 Å². The number of benzene rings is 3. The third-order valence-corrected chi connectivity index (χ3v) is 5.56. The molecule has 3 aliphatic heterocycles. The Balaban J connectivity index is 1.59. The van der Waals surface area contributed by atoms with Crippen LogP contribution in [0.3, 0.4) is 0 Å². The summed E-state index contributed by atoms with van der Waals surface area (Å²) in [6, 6.07) is 20.2. The minimum atomic E-state index is -0.0887. The average Bonchev–Trinajstić information content (AvgIpc) is 3.63. The molecule has 0 saturated carbocycles. The third-order valence-electron chi connectivity index (χ3n) is 5.56. The summed E-state index contributed by atoms with van der Waals surface area (Å²) in [5.41, 5.74) is 2.17. The Morgan fingerprint density at radius 1 is 0.588 bits per heavy atom. The zero-order chi connectivity index (χ0) is 23.1. The number of nitriles is 2. The van der Waals surface area contributed by atoms with Crippen molar-refractivity contribution in [2.75, 3.05) is 25.3 Å². The second kappa shape index (κ2) is 7.84. The second-order valence-electron chi connectivity index (χ2n) is 7.43. The molecule has 3 aromatic carbocycles. The molecule has 0 aromatic heterocycles. The zero-order valence-corrected chi connectivity index (χ0v) is 17.6. The number of anilines is 2. The van der Waals surface area contributed by atoms with Gasteiger partial charge in [0.05, 0.1) is 17.1 Å². The molecule has 3 heterocycles. The Morgan fingerprint density at radius 3 is 1.53 bits per heavy atom. The molecule has 0 radical (unpaired) electrons. The van der Waals surface area contributed by atoms with Crippen molar-refractivity contribution >= 4 is 17.1 Å². The Bertz CT molecular complexity index is 1360. The van der Waals surface area contributed by atoms with Gasteiger partial charge in [0, 0.05) is 17.7 Å². The average molecular weight is 453 g/mol. The largest absolute Gasteiger partial charge is 0.454 e. The van der Waals surface area contributed by atoms with E-state index in [-0.39, 0.29) is 26.0 Å². The minimum Gasteiger partial charge on any atom is -0.454 e. The van der Waals surface area contributed by atoms with E-state index in [1.807, 2.05) is 24.3 Å². The lowest BCUT2D eigenvalue weighted by atomic mass is 10.0. The number of hydrogen-bond acceptors (Lipinski definition) is 9. The highest BCUT2D eigenvalue weighted by molar-refractivity contribution is 5.93. The van der Waals surface area contributed by atoms with Crippen molar-refractivity contribution < 1.29 is 28.4 Å². The van der Waals surface area contributed by atoms with Crippen LogP contribution in [0, 0.1) is 22.7 Å². The van der Waals surface area contributed by atoms with E-state index in [2.05, 4.69) is 0 Å². The van der Waals surface area contributed by atoms with Gasteiger partial charge in [0.1, 0.15) is 12.1 Å². The molecular weight excluding hydrogens is 438 g/mol. The molecule has 0 amide bonds. The topological polar surface area (TPSA) is 106 Å². The maximum absolute atomic E-state index is 9.90. The molecule has 34 heavy (non-hydrogen) atoms. The van der Waals surface area contributed by atoms with Gasteiger partial charge in [-0.05, 0) is 42.5 Å². The predicted octanol–water partition coefficient (Wildman–Crippen LogP) is 4.47. The van der Waals surface area contributed by atoms with Gasteiger partial charge < -0.3 is 33.3 Å². The first-order chi connectivity index (χ1) is 16.7. The molecule has 0 bridgehead atoms. The Labute approximate surface area is 194 Å². The standard InChI is InChI=1S/C25H15N3O6/c26-10-16(11-27)25(15-1-4-19-22(7-15)32-12-29-19)28(17-2-5-20-23(8-17)33-13-30-20)18-3-6-21-24(9-18)34-14-31-21/h1-9H,12-14H2. The third kappa shape index (κ3) is 3.15. The fraction of sp³-hybridized carbons (Fsp3) is 0.120. The van der Waals surface area contributed by atoms with E-state index in [0.717, 1.165) is 0 Å². The van der Waals surface area contributed by atoms with Crippen LogP contribution >= 0.6 is 0 Å². The summed E-state index contributed by atoms with van der Waals surface area (Å²) in [6.07, 6.45) is 0. The van der Waals surface area contributed by atoms with Crippen LogP contribution in [0.4, 0.5) is 11.4 Å². The van der Waals surface area contributed by atoms with Crippen molar-refractivity contribution in [2.45, 2.75) is 0 Å². The van der Waals surface area contributed by atoms with Crippen molar-refractivity contribution in [3.63, 3.8) is 0 Å². The molecule has 0 fully saturated rings. The predicted molar refractivity (Wildman–Crippen MR) is 118 cm³/mol. The second-order valence-corrected chi connectivity index (χ2v) is 7.43. The molecule has 3 aliphatic rings. The fourth-order valence-corrected chi connectivity index (χ4v) is 4.02. The Kier molecular flexibility index (Phi) is 4.53. The molecule has 9 nitrogen and oxygen atoms in total. The van der Waals surface area contributed by atoms with E-state index in [1.165, 1.54) is 0 Å². The highest BCUT2D eigenvalue weighted by Gasteiger charge is 2.27. The molecule has 0 N–H and O–H groups in total. The number of nitrogens with zero attached hydrogens (tertiary/aromatic N) is 3. The fourth-order valence-electron chi connectivity index (χ4n) is 4.02. The quantitative estimate of drug-likeness (QED) is 0.529. The zero-order valence-electron chi connectivity index (χ0n) is 17.6. The first kappa shape index (κ1) is 19.6. The van der Waals surface area contributed by atoms with Crippen LogP contribution in [-0.4, -0.2) is 20.4 Å². The van der Waals surface area contributed by atoms with E-state index in [4.69, 9.17) is 28.4 Å². The van der Waals surface area contributed by atoms with Gasteiger partial charge in [-0.15, -0.1) is 0 Å². The molecule has 0 aliphatic carbocycles. The smallest absolute Gasteiger partial charge is 0.231 e. The highest BCUT2D eigenvalue weighted by atomic mass is 16.7. The van der Waals surface area contributed by atoms with Crippen LogP contribution in [0.15, 0.2) is 60.2 Å². The molecule has 6 rings (SSSR count). The molecular formula is C25H15N3O6. The highest BCUT2D eigenvalue weighted by Crippen LogP contribution is 2.46. The van der Waals surface area contributed by atoms with Crippen LogP contribution in [0.25, 0.3) is 5.70 Å². The first-order valence-corrected chi connectivity index (χ1v) is 10.3. The summed E-state index contributed by atoms with van der Waals surface area (Å²) in [5.74, 6) is 3.47. The van der Waals surface area contributed by atoms with Crippen molar-refractivity contribution in [2.24, 2.45) is 0 Å². The monoisotopic (exact) mass is 453 g/mol. The number of allylic oxidation sites excluding steroid dienone is 1. The SMILES string of the molecule is N#CC(C#N)=C(c1ccc2c(c1)OCO2)N(c1ccc2c(c1)OCO2)c1ccc2c(c1)OCO2. The lowest BCUT2D eigenvalue weighted by Gasteiger charge is -2.28. The summed E-state index contributed by atoms with van der Waals surface area (Å²) in [7, 11) is 0. The van der Waals surface area contributed by atoms with Crippen molar-refractivity contribution in [1.29, 1.82) is 10.5 Å². The summed E-state index contributed by atoms with van der Waals surface area (Å²) < 4.78 is 33.1. The molecule has 9 heteroatoms. The van der Waals surface area contributed by atoms with E-state index < -0.39 is 0 Å². The minimum absolute atomic E-state index is 0.0887. The number of ether oxygens (including phenoxy) is 6. The van der Waals surface area contributed by atoms with Gasteiger partial charge in [-0.25, -0.2) is 0 Å². The summed E-state index contributed by atoms with van der Waals surface area (Å²) >= 11 is 0. The van der Waals surface area contributed by atoms with Crippen molar-refractivity contribution in [3.8, 4) is 46.6 Å². The van der Waals surface area contributed by atoms with Crippen LogP contribution in [0.2, 0.25) is 0 Å². The van der Waals surface area contributed by atoms with Gasteiger partial charge in [0.25, 0.3) is 0 Å². The van der Waals surface area contributed by atoms with Crippen LogP contribution < -0.4 is 33.3 Å². The van der Waals surface area contributed by atoms with E-state index in [9.17, 15) is 10.5 Å². The molecule has 0 spiro atoms. The van der Waals surface area contributed by atoms with Gasteiger partial charge in [0.15, 0.2) is 40.1 Å². The summed E-state index contributed by atoms with van der Waals surface area (Å²) in [5, 5.41) is 19.8. The van der Waals surface area contributed by atoms with Crippen LogP contribution in [0.1, 0.15) is 5.56 Å². The molecule has 0 atom stereocenters. The van der Waals surface area contributed by atoms with Crippen molar-refractivity contribution in [1.82, 2.24) is 0 Å². The maximum atomic E-state index is 9.90. The molecule has 0 saturated heterocycles. The summed E-state index contributed by atoms with van der Waals surface area (Å²) in [4.78, 5) is 1.79. The van der Waals surface area contributed by atoms with Crippen molar-refractivity contribution in [3.05, 3.63) is 65.7 Å². The molecule has 0 unspecified atom stereocenters. The van der Waals surface area contributed by atoms with Gasteiger partial charge in [0.2, 0.25) is 20.4 Å². The first-order valence-electron chi connectivity index (χ1n) is 10.3. The normalized spacial score (nSPS) is 13.7. The summed E-state index contributed by atoms with van der Waals surface area (Å²) in [6.45, 7) is 0.347. The Morgan fingerprint density at radius 2 is 1.03 bits per heavy atom. The maximum Gasteiger partial charge on any atom is 0.231 e. The lowest BCUT2D eigenvalue weighted by Crippen LogP contribution is -2.17. The van der Waals surface area contributed by atoms with E-state index in [1.54, 1.807) is 47.4 Å². The number of fused-ring (bicyclic) bond motifs is 3. The molecule has 166 valence electrons. The van der Waals surface area contributed by atoms with Crippen LogP contribution in [-0.2, 0) is 0 Å². The molecule has 3 aromatic rings.